The van der Waals surface area contributed by atoms with Crippen LogP contribution in [0.1, 0.15) is 113 Å². The summed E-state index contributed by atoms with van der Waals surface area (Å²) in [4.78, 5) is 11.5. The number of carbonyl (C=O) groups is 1. The van der Waals surface area contributed by atoms with E-state index in [1.54, 1.807) is 18.1 Å². The van der Waals surface area contributed by atoms with Gasteiger partial charge in [-0.25, -0.2) is 0 Å². The summed E-state index contributed by atoms with van der Waals surface area (Å²) in [5.74, 6) is 4.88. The molecule has 3 fully saturated rings. The first-order chi connectivity index (χ1) is 15.6. The van der Waals surface area contributed by atoms with Crippen LogP contribution >= 0.6 is 0 Å². The quantitative estimate of drug-likeness (QED) is 0.297. The van der Waals surface area contributed by atoms with Gasteiger partial charge in [-0.3, -0.25) is 4.79 Å². The van der Waals surface area contributed by atoms with E-state index in [1.165, 1.54) is 51.4 Å². The Morgan fingerprint density at radius 3 is 2.55 bits per heavy atom. The molecular formula is C31H50O2. The van der Waals surface area contributed by atoms with Crippen LogP contribution in [0.5, 0.6) is 0 Å². The van der Waals surface area contributed by atoms with Gasteiger partial charge in [-0.1, -0.05) is 57.9 Å². The minimum absolute atomic E-state index is 0.108. The Bertz CT molecular complexity index is 791. The Kier molecular flexibility index (Phi) is 7.24. The van der Waals surface area contributed by atoms with Crippen molar-refractivity contribution in [3.05, 3.63) is 23.3 Å². The average molecular weight is 455 g/mol. The molecule has 0 aromatic rings. The third-order valence-electron chi connectivity index (χ3n) is 11.2. The summed E-state index contributed by atoms with van der Waals surface area (Å²) in [7, 11) is 0. The van der Waals surface area contributed by atoms with Crippen molar-refractivity contribution < 1.29 is 9.53 Å². The molecule has 0 amide bonds. The maximum atomic E-state index is 11.5. The maximum Gasteiger partial charge on any atom is 0.302 e. The van der Waals surface area contributed by atoms with Crippen molar-refractivity contribution in [1.82, 2.24) is 0 Å². The summed E-state index contributed by atoms with van der Waals surface area (Å²) in [5.41, 5.74) is 4.13. The van der Waals surface area contributed by atoms with E-state index in [2.05, 4.69) is 53.7 Å². The molecule has 33 heavy (non-hydrogen) atoms. The molecule has 0 bridgehead atoms. The standard InChI is InChI=1S/C31H50O2/c1-8-23(20(2)3)10-9-21(4)27-13-14-28-26-12-11-24-19-25(33-22(5)32)15-17-30(24,6)29(26)16-18-31(27,28)7/h8,11,20-21,25-29H,9-10,12-19H2,1-7H3/t21-,25+,26+,27-,28+,29+,30+,31-/m1/s1. The summed E-state index contributed by atoms with van der Waals surface area (Å²) in [6, 6.07) is 0. The summed E-state index contributed by atoms with van der Waals surface area (Å²) in [5, 5.41) is 0. The van der Waals surface area contributed by atoms with E-state index in [4.69, 9.17) is 4.74 Å². The highest BCUT2D eigenvalue weighted by Crippen LogP contribution is 2.67. The molecule has 186 valence electrons. The van der Waals surface area contributed by atoms with Gasteiger partial charge >= 0.3 is 5.97 Å². The molecule has 4 rings (SSSR count). The zero-order chi connectivity index (χ0) is 24.0. The third-order valence-corrected chi connectivity index (χ3v) is 11.2. The number of ether oxygens (including phenoxy) is 1. The monoisotopic (exact) mass is 454 g/mol. The molecule has 0 unspecified atom stereocenters. The van der Waals surface area contributed by atoms with Crippen molar-refractivity contribution in [2.24, 2.45) is 46.3 Å². The van der Waals surface area contributed by atoms with Crippen LogP contribution in [0.4, 0.5) is 0 Å². The molecule has 2 nitrogen and oxygen atoms in total. The SMILES string of the molecule is CC=C(CC[C@@H](C)[C@H]1CC[C@H]2[C@@H]3CC=C4C[C@@H](OC(C)=O)CC[C@]4(C)[C@H]3CC[C@]12C)C(C)C. The van der Waals surface area contributed by atoms with Gasteiger partial charge in [0.05, 0.1) is 0 Å². The second-order valence-corrected chi connectivity index (χ2v) is 13.0. The maximum absolute atomic E-state index is 11.5. The van der Waals surface area contributed by atoms with Crippen molar-refractivity contribution in [2.45, 2.75) is 119 Å². The average Bonchev–Trinajstić information content (AvgIpc) is 3.11. The molecule has 4 aliphatic rings. The first-order valence-electron chi connectivity index (χ1n) is 14.1. The first kappa shape index (κ1) is 25.1. The zero-order valence-corrected chi connectivity index (χ0v) is 22.6. The molecule has 0 saturated heterocycles. The number of allylic oxidation sites excluding steroid dienone is 3. The fourth-order valence-electron chi connectivity index (χ4n) is 9.30. The van der Waals surface area contributed by atoms with Crippen molar-refractivity contribution in [3.63, 3.8) is 0 Å². The Balaban J connectivity index is 1.47. The lowest BCUT2D eigenvalue weighted by Crippen LogP contribution is -2.51. The van der Waals surface area contributed by atoms with Crippen LogP contribution in [0.15, 0.2) is 23.3 Å². The van der Waals surface area contributed by atoms with Crippen molar-refractivity contribution in [2.75, 3.05) is 0 Å². The van der Waals surface area contributed by atoms with Gasteiger partial charge in [0.2, 0.25) is 0 Å². The molecule has 0 aromatic carbocycles. The molecule has 0 spiro atoms. The van der Waals surface area contributed by atoms with Crippen LogP contribution < -0.4 is 0 Å². The van der Waals surface area contributed by atoms with Crippen molar-refractivity contribution in [3.8, 4) is 0 Å². The van der Waals surface area contributed by atoms with Gasteiger partial charge in [-0.2, -0.15) is 0 Å². The molecule has 0 N–H and O–H groups in total. The van der Waals surface area contributed by atoms with E-state index in [1.807, 2.05) is 0 Å². The van der Waals surface area contributed by atoms with Gasteiger partial charge in [0.15, 0.2) is 0 Å². The number of hydrogen-bond donors (Lipinski definition) is 0. The highest BCUT2D eigenvalue weighted by molar-refractivity contribution is 5.66. The number of hydrogen-bond acceptors (Lipinski definition) is 2. The molecular weight excluding hydrogens is 404 g/mol. The zero-order valence-electron chi connectivity index (χ0n) is 22.6. The van der Waals surface area contributed by atoms with E-state index < -0.39 is 0 Å². The molecule has 8 atom stereocenters. The summed E-state index contributed by atoms with van der Waals surface area (Å²) < 4.78 is 5.63. The minimum Gasteiger partial charge on any atom is -0.462 e. The fourth-order valence-corrected chi connectivity index (χ4v) is 9.30. The molecule has 0 heterocycles. The van der Waals surface area contributed by atoms with Crippen LogP contribution in [0, 0.1) is 46.3 Å². The summed E-state index contributed by atoms with van der Waals surface area (Å²) >= 11 is 0. The van der Waals surface area contributed by atoms with Crippen molar-refractivity contribution >= 4 is 5.97 Å². The predicted molar refractivity (Wildman–Crippen MR) is 138 cm³/mol. The smallest absolute Gasteiger partial charge is 0.302 e. The largest absolute Gasteiger partial charge is 0.462 e. The molecule has 4 aliphatic carbocycles. The van der Waals surface area contributed by atoms with Crippen molar-refractivity contribution in [1.29, 1.82) is 0 Å². The van der Waals surface area contributed by atoms with E-state index in [0.717, 1.165) is 42.4 Å². The normalized spacial score (nSPS) is 41.6. The first-order valence-corrected chi connectivity index (χ1v) is 14.1. The topological polar surface area (TPSA) is 26.3 Å². The third kappa shape index (κ3) is 4.50. The second kappa shape index (κ2) is 9.54. The Labute approximate surface area is 204 Å². The predicted octanol–water partition coefficient (Wildman–Crippen LogP) is 8.52. The summed E-state index contributed by atoms with van der Waals surface area (Å²) in [6.45, 7) is 16.3. The van der Waals surface area contributed by atoms with Crippen LogP contribution in [0.2, 0.25) is 0 Å². The molecule has 2 heteroatoms. The van der Waals surface area contributed by atoms with Gasteiger partial charge in [-0.15, -0.1) is 0 Å². The lowest BCUT2D eigenvalue weighted by molar-refractivity contribution is -0.148. The van der Waals surface area contributed by atoms with Crippen LogP contribution in [0.3, 0.4) is 0 Å². The van der Waals surface area contributed by atoms with Gasteiger partial charge in [0.1, 0.15) is 6.10 Å². The molecule has 0 aliphatic heterocycles. The lowest BCUT2D eigenvalue weighted by Gasteiger charge is -2.58. The molecule has 0 radical (unpaired) electrons. The van der Waals surface area contributed by atoms with E-state index in [-0.39, 0.29) is 12.1 Å². The Morgan fingerprint density at radius 1 is 1.12 bits per heavy atom. The highest BCUT2D eigenvalue weighted by Gasteiger charge is 2.59. The number of fused-ring (bicyclic) bond motifs is 5. The van der Waals surface area contributed by atoms with E-state index in [9.17, 15) is 4.79 Å². The molecule has 3 saturated carbocycles. The van der Waals surface area contributed by atoms with Gasteiger partial charge in [-0.05, 0) is 111 Å². The van der Waals surface area contributed by atoms with Crippen LogP contribution in [-0.2, 0) is 9.53 Å². The molecule has 0 aromatic heterocycles. The van der Waals surface area contributed by atoms with Gasteiger partial charge < -0.3 is 4.74 Å². The Morgan fingerprint density at radius 2 is 1.88 bits per heavy atom. The lowest BCUT2D eigenvalue weighted by atomic mass is 9.47. The van der Waals surface area contributed by atoms with Gasteiger partial charge in [0, 0.05) is 13.3 Å². The van der Waals surface area contributed by atoms with E-state index >= 15 is 0 Å². The second-order valence-electron chi connectivity index (χ2n) is 13.0. The minimum atomic E-state index is -0.118. The van der Waals surface area contributed by atoms with E-state index in [0.29, 0.717) is 16.7 Å². The number of rotatable bonds is 6. The van der Waals surface area contributed by atoms with Gasteiger partial charge in [0.25, 0.3) is 0 Å². The number of esters is 1. The number of carbonyl (C=O) groups excluding carboxylic acids is 1. The Hall–Kier alpha value is -1.05. The fraction of sp³-hybridized carbons (Fsp3) is 0.839. The van der Waals surface area contributed by atoms with Crippen LogP contribution in [0.25, 0.3) is 0 Å². The summed E-state index contributed by atoms with van der Waals surface area (Å²) in [6.07, 6.45) is 17.9. The van der Waals surface area contributed by atoms with Crippen LogP contribution in [-0.4, -0.2) is 12.1 Å². The highest BCUT2D eigenvalue weighted by atomic mass is 16.5.